The van der Waals surface area contributed by atoms with E-state index in [1.165, 1.54) is 12.1 Å². The van der Waals surface area contributed by atoms with Crippen LogP contribution in [0.25, 0.3) is 0 Å². The van der Waals surface area contributed by atoms with Crippen molar-refractivity contribution >= 4 is 10.1 Å². The summed E-state index contributed by atoms with van der Waals surface area (Å²) in [5.41, 5.74) is 0.989. The zero-order valence-electron chi connectivity index (χ0n) is 17.9. The lowest BCUT2D eigenvalue weighted by molar-refractivity contribution is -0.0145. The number of methoxy groups -OCH3 is 1. The van der Waals surface area contributed by atoms with Crippen molar-refractivity contribution in [3.05, 3.63) is 29.8 Å². The van der Waals surface area contributed by atoms with Crippen molar-refractivity contribution in [1.29, 1.82) is 0 Å². The molecule has 0 radical (unpaired) electrons. The summed E-state index contributed by atoms with van der Waals surface area (Å²) in [6, 6.07) is 6.56. The topological polar surface area (TPSA) is 98.8 Å². The van der Waals surface area contributed by atoms with Crippen molar-refractivity contribution in [1.82, 2.24) is 0 Å². The van der Waals surface area contributed by atoms with Crippen LogP contribution in [0, 0.1) is 0 Å². The third-order valence-electron chi connectivity index (χ3n) is 3.89. The van der Waals surface area contributed by atoms with Crippen molar-refractivity contribution in [2.75, 3.05) is 86.9 Å². The van der Waals surface area contributed by atoms with Crippen LogP contribution in [0.3, 0.4) is 0 Å². The lowest BCUT2D eigenvalue weighted by Crippen LogP contribution is -2.14. The first-order valence-electron chi connectivity index (χ1n) is 9.87. The highest BCUT2D eigenvalue weighted by molar-refractivity contribution is 7.86. The van der Waals surface area contributed by atoms with E-state index in [4.69, 9.17) is 28.4 Å². The fraction of sp³-hybridized carbons (Fsp3) is 0.700. The van der Waals surface area contributed by atoms with Crippen LogP contribution in [-0.2, 0) is 49.1 Å². The van der Waals surface area contributed by atoms with Crippen molar-refractivity contribution in [3.8, 4) is 0 Å². The minimum Gasteiger partial charge on any atom is -0.382 e. The SMILES string of the molecule is COCCOCCOCCOCCOCCOCCc1ccc(S(=O)(=O)OC)cc1. The van der Waals surface area contributed by atoms with Crippen LogP contribution in [0.5, 0.6) is 0 Å². The Morgan fingerprint density at radius 3 is 1.40 bits per heavy atom. The largest absolute Gasteiger partial charge is 0.382 e. The second-order valence-electron chi connectivity index (χ2n) is 6.07. The molecule has 10 heteroatoms. The van der Waals surface area contributed by atoms with E-state index in [0.717, 1.165) is 12.7 Å². The van der Waals surface area contributed by atoms with Gasteiger partial charge in [-0.25, -0.2) is 0 Å². The first-order valence-corrected chi connectivity index (χ1v) is 11.3. The molecule has 1 rings (SSSR count). The molecule has 0 unspecified atom stereocenters. The Morgan fingerprint density at radius 2 is 1.00 bits per heavy atom. The van der Waals surface area contributed by atoms with Crippen LogP contribution < -0.4 is 0 Å². The Labute approximate surface area is 179 Å². The molecule has 30 heavy (non-hydrogen) atoms. The summed E-state index contributed by atoms with van der Waals surface area (Å²) in [7, 11) is -0.862. The second kappa shape index (κ2) is 17.6. The van der Waals surface area contributed by atoms with Gasteiger partial charge < -0.3 is 28.4 Å². The predicted octanol–water partition coefficient (Wildman–Crippen LogP) is 1.29. The van der Waals surface area contributed by atoms with E-state index < -0.39 is 10.1 Å². The molecule has 0 aromatic heterocycles. The number of ether oxygens (including phenoxy) is 6. The van der Waals surface area contributed by atoms with Gasteiger partial charge in [0.15, 0.2) is 0 Å². The zero-order chi connectivity index (χ0) is 21.9. The molecule has 174 valence electrons. The van der Waals surface area contributed by atoms with Gasteiger partial charge in [0, 0.05) is 7.11 Å². The van der Waals surface area contributed by atoms with Gasteiger partial charge in [-0.3, -0.25) is 4.18 Å². The highest BCUT2D eigenvalue weighted by Gasteiger charge is 2.11. The van der Waals surface area contributed by atoms with Crippen LogP contribution in [0.1, 0.15) is 5.56 Å². The maximum Gasteiger partial charge on any atom is 0.296 e. The first-order chi connectivity index (χ1) is 14.6. The summed E-state index contributed by atoms with van der Waals surface area (Å²) in [4.78, 5) is 0.142. The summed E-state index contributed by atoms with van der Waals surface area (Å²) < 4.78 is 59.4. The lowest BCUT2D eigenvalue weighted by atomic mass is 10.2. The van der Waals surface area contributed by atoms with Crippen LogP contribution in [0.2, 0.25) is 0 Å². The van der Waals surface area contributed by atoms with Crippen molar-refractivity contribution in [2.45, 2.75) is 11.3 Å². The molecule has 0 aliphatic heterocycles. The minimum atomic E-state index is -3.64. The standard InChI is InChI=1S/C20H34O9S/c1-23-9-10-26-13-14-28-17-18-29-16-15-27-12-11-25-8-7-19-3-5-20(6-4-19)30(21,22)24-2/h3-6H,7-18H2,1-2H3. The number of hydrogen-bond acceptors (Lipinski definition) is 9. The summed E-state index contributed by atoms with van der Waals surface area (Å²) in [5, 5.41) is 0. The van der Waals surface area contributed by atoms with Crippen LogP contribution in [0.4, 0.5) is 0 Å². The second-order valence-corrected chi connectivity index (χ2v) is 7.78. The fourth-order valence-corrected chi connectivity index (χ4v) is 2.89. The summed E-state index contributed by atoms with van der Waals surface area (Å²) in [6.07, 6.45) is 0.688. The minimum absolute atomic E-state index is 0.142. The normalized spacial score (nSPS) is 11.8. The van der Waals surface area contributed by atoms with Gasteiger partial charge in [0.1, 0.15) is 0 Å². The Hall–Kier alpha value is -1.11. The average Bonchev–Trinajstić information content (AvgIpc) is 2.76. The Kier molecular flexibility index (Phi) is 15.8. The maximum atomic E-state index is 11.6. The molecule has 0 heterocycles. The van der Waals surface area contributed by atoms with Gasteiger partial charge in [-0.15, -0.1) is 0 Å². The lowest BCUT2D eigenvalue weighted by Gasteiger charge is -2.08. The zero-order valence-corrected chi connectivity index (χ0v) is 18.7. The number of rotatable bonds is 20. The van der Waals surface area contributed by atoms with Crippen LogP contribution >= 0.6 is 0 Å². The van der Waals surface area contributed by atoms with Gasteiger partial charge >= 0.3 is 0 Å². The van der Waals surface area contributed by atoms with E-state index in [2.05, 4.69) is 4.18 Å². The fourth-order valence-electron chi connectivity index (χ4n) is 2.23. The molecule has 0 aliphatic rings. The van der Waals surface area contributed by atoms with Crippen LogP contribution in [0.15, 0.2) is 29.2 Å². The van der Waals surface area contributed by atoms with Gasteiger partial charge in [-0.2, -0.15) is 8.42 Å². The maximum absolute atomic E-state index is 11.6. The third-order valence-corrected chi connectivity index (χ3v) is 5.17. The van der Waals surface area contributed by atoms with Crippen molar-refractivity contribution in [2.24, 2.45) is 0 Å². The smallest absolute Gasteiger partial charge is 0.296 e. The quantitative estimate of drug-likeness (QED) is 0.215. The van der Waals surface area contributed by atoms with Gasteiger partial charge in [-0.1, -0.05) is 12.1 Å². The number of benzene rings is 1. The summed E-state index contributed by atoms with van der Waals surface area (Å²) in [5.74, 6) is 0. The highest BCUT2D eigenvalue weighted by Crippen LogP contribution is 2.13. The molecule has 0 saturated carbocycles. The highest BCUT2D eigenvalue weighted by atomic mass is 32.2. The molecular weight excluding hydrogens is 416 g/mol. The summed E-state index contributed by atoms with van der Waals surface area (Å²) in [6.45, 7) is 5.80. The molecule has 0 fully saturated rings. The Morgan fingerprint density at radius 1 is 0.600 bits per heavy atom. The monoisotopic (exact) mass is 450 g/mol. The van der Waals surface area contributed by atoms with Gasteiger partial charge in [0.25, 0.3) is 10.1 Å². The predicted molar refractivity (Wildman–Crippen MR) is 110 cm³/mol. The molecule has 0 amide bonds. The summed E-state index contributed by atoms with van der Waals surface area (Å²) >= 11 is 0. The van der Waals surface area contributed by atoms with E-state index >= 15 is 0 Å². The van der Waals surface area contributed by atoms with Gasteiger partial charge in [0.2, 0.25) is 0 Å². The van der Waals surface area contributed by atoms with Gasteiger partial charge in [-0.05, 0) is 24.1 Å². The molecule has 0 bridgehead atoms. The third kappa shape index (κ3) is 13.2. The molecule has 1 aromatic carbocycles. The van der Waals surface area contributed by atoms with Crippen molar-refractivity contribution in [3.63, 3.8) is 0 Å². The van der Waals surface area contributed by atoms with Gasteiger partial charge in [0.05, 0.1) is 84.7 Å². The first kappa shape index (κ1) is 26.9. The van der Waals surface area contributed by atoms with Crippen LogP contribution in [-0.4, -0.2) is 95.3 Å². The molecular formula is C20H34O9S. The van der Waals surface area contributed by atoms with Crippen molar-refractivity contribution < 1.29 is 41.0 Å². The van der Waals surface area contributed by atoms with E-state index in [1.54, 1.807) is 19.2 Å². The molecule has 9 nitrogen and oxygen atoms in total. The Balaban J connectivity index is 1.87. The molecule has 0 aliphatic carbocycles. The molecule has 0 atom stereocenters. The molecule has 0 N–H and O–H groups in total. The van der Waals surface area contributed by atoms with E-state index in [9.17, 15) is 8.42 Å². The van der Waals surface area contributed by atoms with E-state index in [0.29, 0.717) is 79.1 Å². The Bertz CT molecular complexity index is 620. The molecule has 0 saturated heterocycles. The number of hydrogen-bond donors (Lipinski definition) is 0. The van der Waals surface area contributed by atoms with E-state index in [1.807, 2.05) is 0 Å². The van der Waals surface area contributed by atoms with E-state index in [-0.39, 0.29) is 4.90 Å². The average molecular weight is 451 g/mol. The molecule has 0 spiro atoms. The molecule has 1 aromatic rings.